The smallest absolute Gasteiger partial charge is 0.354 e. The van der Waals surface area contributed by atoms with Crippen LogP contribution in [0.1, 0.15) is 10.5 Å². The van der Waals surface area contributed by atoms with Gasteiger partial charge in [0.15, 0.2) is 11.5 Å². The normalized spacial score (nSPS) is 10.3. The Labute approximate surface area is 119 Å². The number of aromatic nitrogens is 2. The largest absolute Gasteiger partial charge is 0.477 e. The van der Waals surface area contributed by atoms with Crippen molar-refractivity contribution in [2.45, 2.75) is 0 Å². The van der Waals surface area contributed by atoms with Crippen molar-refractivity contribution in [3.63, 3.8) is 0 Å². The van der Waals surface area contributed by atoms with Gasteiger partial charge in [-0.05, 0) is 12.1 Å². The lowest BCUT2D eigenvalue weighted by atomic mass is 10.2. The number of benzene rings is 1. The molecule has 0 saturated heterocycles. The van der Waals surface area contributed by atoms with Crippen LogP contribution in [0.2, 0.25) is 0 Å². The van der Waals surface area contributed by atoms with Gasteiger partial charge < -0.3 is 10.0 Å². The average Bonchev–Trinajstić information content (AvgIpc) is 2.39. The van der Waals surface area contributed by atoms with E-state index in [-0.39, 0.29) is 5.69 Å². The van der Waals surface area contributed by atoms with Crippen molar-refractivity contribution in [2.24, 2.45) is 0 Å². The van der Waals surface area contributed by atoms with Gasteiger partial charge in [-0.25, -0.2) is 14.8 Å². The molecule has 0 aliphatic rings. The van der Waals surface area contributed by atoms with Crippen LogP contribution in [-0.4, -0.2) is 35.1 Å². The molecule has 6 heteroatoms. The lowest BCUT2D eigenvalue weighted by molar-refractivity contribution is 0.0690. The Balaban J connectivity index is 2.55. The number of hydrogen-bond acceptors (Lipinski definition) is 4. The molecule has 0 spiro atoms. The first-order chi connectivity index (χ1) is 8.97. The highest BCUT2D eigenvalue weighted by molar-refractivity contribution is 9.10. The summed E-state index contributed by atoms with van der Waals surface area (Å²) in [5, 5.41) is 9.09. The van der Waals surface area contributed by atoms with Crippen LogP contribution in [0.4, 0.5) is 5.82 Å². The lowest BCUT2D eigenvalue weighted by Crippen LogP contribution is -2.14. The molecule has 0 saturated carbocycles. The molecular weight excluding hydrogens is 310 g/mol. The van der Waals surface area contributed by atoms with E-state index in [4.69, 9.17) is 5.11 Å². The number of carboxylic acid groups (broad SMARTS) is 1. The van der Waals surface area contributed by atoms with E-state index >= 15 is 0 Å². The quantitative estimate of drug-likeness (QED) is 0.941. The van der Waals surface area contributed by atoms with Crippen LogP contribution in [-0.2, 0) is 0 Å². The molecule has 1 aromatic carbocycles. The van der Waals surface area contributed by atoms with Crippen molar-refractivity contribution in [3.8, 4) is 11.4 Å². The first-order valence-corrected chi connectivity index (χ1v) is 6.32. The van der Waals surface area contributed by atoms with Crippen molar-refractivity contribution in [2.75, 3.05) is 19.0 Å². The van der Waals surface area contributed by atoms with E-state index in [1.807, 2.05) is 24.3 Å². The van der Waals surface area contributed by atoms with Crippen LogP contribution >= 0.6 is 15.9 Å². The van der Waals surface area contributed by atoms with Crippen LogP contribution in [0, 0.1) is 0 Å². The lowest BCUT2D eigenvalue weighted by Gasteiger charge is -2.13. The number of hydrogen-bond donors (Lipinski definition) is 1. The summed E-state index contributed by atoms with van der Waals surface area (Å²) in [7, 11) is 3.61. The second kappa shape index (κ2) is 5.36. The highest BCUT2D eigenvalue weighted by Crippen LogP contribution is 2.21. The molecule has 0 aliphatic heterocycles. The van der Waals surface area contributed by atoms with Gasteiger partial charge in [0.25, 0.3) is 0 Å². The Hall–Kier alpha value is -1.95. The van der Waals surface area contributed by atoms with Crippen molar-refractivity contribution >= 4 is 27.7 Å². The zero-order chi connectivity index (χ0) is 14.0. The number of carbonyl (C=O) groups is 1. The molecule has 0 unspecified atom stereocenters. The van der Waals surface area contributed by atoms with Gasteiger partial charge in [-0.3, -0.25) is 0 Å². The molecule has 1 heterocycles. The molecular formula is C13H12BrN3O2. The summed E-state index contributed by atoms with van der Waals surface area (Å²) in [6, 6.07) is 8.85. The standard InChI is InChI=1S/C13H12BrN3O2/c1-17(2)11-7-10(13(18)19)15-12(16-11)8-3-5-9(14)6-4-8/h3-7H,1-2H3,(H,18,19). The summed E-state index contributed by atoms with van der Waals surface area (Å²) in [5.74, 6) is -0.106. The van der Waals surface area contributed by atoms with Crippen molar-refractivity contribution < 1.29 is 9.90 Å². The highest BCUT2D eigenvalue weighted by Gasteiger charge is 2.12. The van der Waals surface area contributed by atoms with Gasteiger partial charge in [0.1, 0.15) is 5.82 Å². The summed E-state index contributed by atoms with van der Waals surface area (Å²) in [5.41, 5.74) is 0.756. The SMILES string of the molecule is CN(C)c1cc(C(=O)O)nc(-c2ccc(Br)cc2)n1. The maximum atomic E-state index is 11.1. The molecule has 1 N–H and O–H groups in total. The number of rotatable bonds is 3. The van der Waals surface area contributed by atoms with Crippen LogP contribution < -0.4 is 4.90 Å². The molecule has 19 heavy (non-hydrogen) atoms. The van der Waals surface area contributed by atoms with Gasteiger partial charge in [0.05, 0.1) is 0 Å². The number of nitrogens with zero attached hydrogens (tertiary/aromatic N) is 3. The van der Waals surface area contributed by atoms with Crippen LogP contribution in [0.5, 0.6) is 0 Å². The molecule has 1 aromatic heterocycles. The average molecular weight is 322 g/mol. The van der Waals surface area contributed by atoms with Crippen molar-refractivity contribution in [1.29, 1.82) is 0 Å². The molecule has 0 amide bonds. The Morgan fingerprint density at radius 3 is 2.37 bits per heavy atom. The zero-order valence-corrected chi connectivity index (χ0v) is 12.0. The van der Waals surface area contributed by atoms with E-state index in [9.17, 15) is 4.79 Å². The van der Waals surface area contributed by atoms with E-state index in [2.05, 4.69) is 25.9 Å². The van der Waals surface area contributed by atoms with E-state index in [0.717, 1.165) is 10.0 Å². The Kier molecular flexibility index (Phi) is 3.80. The molecule has 2 rings (SSSR count). The second-order valence-electron chi connectivity index (χ2n) is 4.14. The van der Waals surface area contributed by atoms with E-state index in [1.165, 1.54) is 6.07 Å². The molecule has 0 fully saturated rings. The van der Waals surface area contributed by atoms with Gasteiger partial charge in [0.2, 0.25) is 0 Å². The fourth-order valence-electron chi connectivity index (χ4n) is 1.50. The minimum Gasteiger partial charge on any atom is -0.477 e. The van der Waals surface area contributed by atoms with E-state index in [1.54, 1.807) is 19.0 Å². The minimum atomic E-state index is -1.07. The molecule has 0 aliphatic carbocycles. The Bertz CT molecular complexity index is 612. The molecule has 0 radical (unpaired) electrons. The summed E-state index contributed by atoms with van der Waals surface area (Å²) in [6.45, 7) is 0. The maximum absolute atomic E-state index is 11.1. The second-order valence-corrected chi connectivity index (χ2v) is 5.06. The van der Waals surface area contributed by atoms with Crippen molar-refractivity contribution in [1.82, 2.24) is 9.97 Å². The minimum absolute atomic E-state index is 0.0170. The molecule has 0 bridgehead atoms. The van der Waals surface area contributed by atoms with Gasteiger partial charge in [-0.1, -0.05) is 28.1 Å². The zero-order valence-electron chi connectivity index (χ0n) is 10.5. The monoisotopic (exact) mass is 321 g/mol. The molecule has 2 aromatic rings. The molecule has 5 nitrogen and oxygen atoms in total. The molecule has 0 atom stereocenters. The predicted molar refractivity (Wildman–Crippen MR) is 76.5 cm³/mol. The van der Waals surface area contributed by atoms with Crippen molar-refractivity contribution in [3.05, 3.63) is 40.5 Å². The highest BCUT2D eigenvalue weighted by atomic mass is 79.9. The third kappa shape index (κ3) is 3.08. The maximum Gasteiger partial charge on any atom is 0.354 e. The predicted octanol–water partition coefficient (Wildman–Crippen LogP) is 2.67. The summed E-state index contributed by atoms with van der Waals surface area (Å²) < 4.78 is 0.943. The van der Waals surface area contributed by atoms with Gasteiger partial charge in [-0.15, -0.1) is 0 Å². The Morgan fingerprint density at radius 2 is 1.84 bits per heavy atom. The first kappa shape index (κ1) is 13.5. The number of carboxylic acids is 1. The Morgan fingerprint density at radius 1 is 1.21 bits per heavy atom. The van der Waals surface area contributed by atoms with E-state index < -0.39 is 5.97 Å². The van der Waals surface area contributed by atoms with Gasteiger partial charge >= 0.3 is 5.97 Å². The van der Waals surface area contributed by atoms with Gasteiger partial charge in [0, 0.05) is 30.2 Å². The number of halogens is 1. The third-order valence-corrected chi connectivity index (χ3v) is 3.02. The number of anilines is 1. The summed E-state index contributed by atoms with van der Waals surface area (Å²) >= 11 is 3.35. The third-order valence-electron chi connectivity index (χ3n) is 2.49. The first-order valence-electron chi connectivity index (χ1n) is 5.53. The number of aromatic carboxylic acids is 1. The van der Waals surface area contributed by atoms with Crippen LogP contribution in [0.15, 0.2) is 34.8 Å². The van der Waals surface area contributed by atoms with Crippen LogP contribution in [0.25, 0.3) is 11.4 Å². The fraction of sp³-hybridized carbons (Fsp3) is 0.154. The molecule has 98 valence electrons. The fourth-order valence-corrected chi connectivity index (χ4v) is 1.77. The summed E-state index contributed by atoms with van der Waals surface area (Å²) in [6.07, 6.45) is 0. The van der Waals surface area contributed by atoms with Gasteiger partial charge in [-0.2, -0.15) is 0 Å². The van der Waals surface area contributed by atoms with E-state index in [0.29, 0.717) is 11.6 Å². The summed E-state index contributed by atoms with van der Waals surface area (Å²) in [4.78, 5) is 21.3. The van der Waals surface area contributed by atoms with Crippen LogP contribution in [0.3, 0.4) is 0 Å². The topological polar surface area (TPSA) is 66.3 Å².